The molecule has 0 aliphatic carbocycles. The van der Waals surface area contributed by atoms with Gasteiger partial charge in [0, 0.05) is 6.07 Å². The third kappa shape index (κ3) is 3.89. The van der Waals surface area contributed by atoms with Crippen molar-refractivity contribution in [3.63, 3.8) is 0 Å². The minimum absolute atomic E-state index is 0.0416. The summed E-state index contributed by atoms with van der Waals surface area (Å²) < 4.78 is 43.0. The van der Waals surface area contributed by atoms with Gasteiger partial charge in [-0.25, -0.2) is 8.42 Å². The Balaban J connectivity index is 2.55. The number of ether oxygens (including phenoxy) is 3. The molecular formula is C18H20ClNO5S. The highest BCUT2D eigenvalue weighted by Crippen LogP contribution is 2.35. The Morgan fingerprint density at radius 1 is 1.00 bits per heavy atom. The molecule has 0 saturated carbocycles. The van der Waals surface area contributed by atoms with Crippen LogP contribution in [0.1, 0.15) is 0 Å². The van der Waals surface area contributed by atoms with Crippen molar-refractivity contribution in [2.24, 2.45) is 0 Å². The number of hydrogen-bond acceptors (Lipinski definition) is 5. The van der Waals surface area contributed by atoms with Crippen LogP contribution in [0.5, 0.6) is 17.2 Å². The van der Waals surface area contributed by atoms with Crippen molar-refractivity contribution in [3.8, 4) is 17.2 Å². The highest BCUT2D eigenvalue weighted by molar-refractivity contribution is 7.92. The summed E-state index contributed by atoms with van der Waals surface area (Å²) in [6.45, 7) is 3.72. The van der Waals surface area contributed by atoms with Crippen LogP contribution in [0.4, 0.5) is 5.69 Å². The van der Waals surface area contributed by atoms with Crippen molar-refractivity contribution >= 4 is 27.3 Å². The Labute approximate surface area is 158 Å². The second kappa shape index (κ2) is 8.33. The monoisotopic (exact) mass is 397 g/mol. The lowest BCUT2D eigenvalue weighted by Crippen LogP contribution is -2.31. The Kier molecular flexibility index (Phi) is 6.39. The average Bonchev–Trinajstić information content (AvgIpc) is 2.65. The molecule has 0 aliphatic rings. The van der Waals surface area contributed by atoms with Crippen LogP contribution in [-0.4, -0.2) is 36.3 Å². The molecule has 0 aliphatic heterocycles. The van der Waals surface area contributed by atoms with Crippen LogP contribution in [0, 0.1) is 0 Å². The summed E-state index contributed by atoms with van der Waals surface area (Å²) in [5, 5.41) is 0.208. The van der Waals surface area contributed by atoms with Crippen LogP contribution in [0.25, 0.3) is 0 Å². The zero-order valence-electron chi connectivity index (χ0n) is 14.7. The molecule has 0 N–H and O–H groups in total. The number of rotatable bonds is 8. The molecule has 0 radical (unpaired) electrons. The highest BCUT2D eigenvalue weighted by atomic mass is 35.5. The van der Waals surface area contributed by atoms with Gasteiger partial charge in [-0.15, -0.1) is 6.58 Å². The number of methoxy groups -OCH3 is 3. The van der Waals surface area contributed by atoms with Gasteiger partial charge < -0.3 is 14.2 Å². The third-order valence-electron chi connectivity index (χ3n) is 3.66. The van der Waals surface area contributed by atoms with Gasteiger partial charge in [0.2, 0.25) is 0 Å². The molecule has 2 rings (SSSR count). The molecule has 0 unspecified atom stereocenters. The number of hydrogen-bond donors (Lipinski definition) is 0. The van der Waals surface area contributed by atoms with E-state index in [0.717, 1.165) is 0 Å². The number of nitrogens with zero attached hydrogens (tertiary/aromatic N) is 1. The van der Waals surface area contributed by atoms with E-state index in [1.807, 2.05) is 0 Å². The molecule has 0 spiro atoms. The van der Waals surface area contributed by atoms with E-state index in [1.165, 1.54) is 49.9 Å². The maximum absolute atomic E-state index is 13.1. The molecule has 2 aromatic carbocycles. The first kappa shape index (κ1) is 19.9. The summed E-state index contributed by atoms with van der Waals surface area (Å²) in [5.41, 5.74) is 0.412. The van der Waals surface area contributed by atoms with E-state index in [-0.39, 0.29) is 16.5 Å². The molecular weight excluding hydrogens is 378 g/mol. The zero-order valence-corrected chi connectivity index (χ0v) is 16.3. The van der Waals surface area contributed by atoms with Gasteiger partial charge in [-0.2, -0.15) is 0 Å². The Morgan fingerprint density at radius 2 is 1.62 bits per heavy atom. The predicted molar refractivity (Wildman–Crippen MR) is 102 cm³/mol. The fourth-order valence-corrected chi connectivity index (χ4v) is 4.15. The van der Waals surface area contributed by atoms with Crippen LogP contribution in [-0.2, 0) is 10.0 Å². The Bertz CT molecular complexity index is 898. The van der Waals surface area contributed by atoms with Crippen molar-refractivity contribution in [2.75, 3.05) is 32.2 Å². The molecule has 2 aromatic rings. The molecule has 26 heavy (non-hydrogen) atoms. The zero-order chi connectivity index (χ0) is 19.3. The van der Waals surface area contributed by atoms with Crippen LogP contribution < -0.4 is 18.5 Å². The van der Waals surface area contributed by atoms with Gasteiger partial charge in [-0.05, 0) is 30.3 Å². The lowest BCUT2D eigenvalue weighted by molar-refractivity contribution is 0.355. The normalized spacial score (nSPS) is 10.9. The van der Waals surface area contributed by atoms with Crippen LogP contribution >= 0.6 is 11.6 Å². The lowest BCUT2D eigenvalue weighted by atomic mass is 10.2. The van der Waals surface area contributed by atoms with Crippen molar-refractivity contribution in [2.45, 2.75) is 4.90 Å². The summed E-state index contributed by atoms with van der Waals surface area (Å²) in [7, 11) is 0.571. The topological polar surface area (TPSA) is 65.1 Å². The van der Waals surface area contributed by atoms with Gasteiger partial charge in [-0.3, -0.25) is 4.31 Å². The SMILES string of the molecule is C=CCN(c1ccc(OC)c(OC)c1)S(=O)(=O)c1ccc(OC)c(Cl)c1. The summed E-state index contributed by atoms with van der Waals surface area (Å²) in [6, 6.07) is 9.17. The first-order valence-electron chi connectivity index (χ1n) is 7.58. The van der Waals surface area contributed by atoms with Crippen molar-refractivity contribution in [1.29, 1.82) is 0 Å². The van der Waals surface area contributed by atoms with E-state index in [1.54, 1.807) is 18.2 Å². The van der Waals surface area contributed by atoms with Gasteiger partial charge in [-0.1, -0.05) is 17.7 Å². The molecule has 0 bridgehead atoms. The van der Waals surface area contributed by atoms with Gasteiger partial charge in [0.15, 0.2) is 11.5 Å². The van der Waals surface area contributed by atoms with Crippen LogP contribution in [0.2, 0.25) is 5.02 Å². The van der Waals surface area contributed by atoms with Crippen molar-refractivity contribution < 1.29 is 22.6 Å². The largest absolute Gasteiger partial charge is 0.495 e. The molecule has 8 heteroatoms. The summed E-state index contributed by atoms with van der Waals surface area (Å²) in [5.74, 6) is 1.31. The molecule has 6 nitrogen and oxygen atoms in total. The number of anilines is 1. The fourth-order valence-electron chi connectivity index (χ4n) is 2.37. The summed E-state index contributed by atoms with van der Waals surface area (Å²) in [6.07, 6.45) is 1.50. The summed E-state index contributed by atoms with van der Waals surface area (Å²) in [4.78, 5) is 0.0416. The summed E-state index contributed by atoms with van der Waals surface area (Å²) >= 11 is 6.09. The van der Waals surface area contributed by atoms with Crippen LogP contribution in [0.15, 0.2) is 53.9 Å². The highest BCUT2D eigenvalue weighted by Gasteiger charge is 2.26. The maximum atomic E-state index is 13.1. The minimum atomic E-state index is -3.88. The first-order valence-corrected chi connectivity index (χ1v) is 9.40. The van der Waals surface area contributed by atoms with Gasteiger partial charge in [0.05, 0.1) is 43.5 Å². The second-order valence-corrected chi connectivity index (χ2v) is 7.43. The fraction of sp³-hybridized carbons (Fsp3) is 0.222. The van der Waals surface area contributed by atoms with E-state index in [4.69, 9.17) is 25.8 Å². The van der Waals surface area contributed by atoms with E-state index in [9.17, 15) is 8.42 Å². The smallest absolute Gasteiger partial charge is 0.264 e. The van der Waals surface area contributed by atoms with E-state index >= 15 is 0 Å². The average molecular weight is 398 g/mol. The quantitative estimate of drug-likeness (QED) is 0.635. The number of benzene rings is 2. The second-order valence-electron chi connectivity index (χ2n) is 5.16. The van der Waals surface area contributed by atoms with Crippen LogP contribution in [0.3, 0.4) is 0 Å². The predicted octanol–water partition coefficient (Wildman–Crippen LogP) is 3.75. The van der Waals surface area contributed by atoms with Crippen molar-refractivity contribution in [1.82, 2.24) is 0 Å². The van der Waals surface area contributed by atoms with Crippen molar-refractivity contribution in [3.05, 3.63) is 54.1 Å². The molecule has 0 saturated heterocycles. The molecule has 0 fully saturated rings. The number of halogens is 1. The maximum Gasteiger partial charge on any atom is 0.264 e. The molecule has 0 atom stereocenters. The lowest BCUT2D eigenvalue weighted by Gasteiger charge is -2.24. The Hall–Kier alpha value is -2.38. The molecule has 140 valence electrons. The third-order valence-corrected chi connectivity index (χ3v) is 5.75. The molecule has 0 aromatic heterocycles. The molecule has 0 amide bonds. The Morgan fingerprint density at radius 3 is 2.15 bits per heavy atom. The van der Waals surface area contributed by atoms with Gasteiger partial charge in [0.25, 0.3) is 10.0 Å². The minimum Gasteiger partial charge on any atom is -0.495 e. The van der Waals surface area contributed by atoms with Gasteiger partial charge in [0.1, 0.15) is 5.75 Å². The first-order chi connectivity index (χ1) is 12.4. The van der Waals surface area contributed by atoms with E-state index in [0.29, 0.717) is 22.9 Å². The van der Waals surface area contributed by atoms with E-state index in [2.05, 4.69) is 6.58 Å². The standard InChI is InChI=1S/C18H20ClNO5S/c1-5-10-20(13-6-8-17(24-3)18(11-13)25-4)26(21,22)14-7-9-16(23-2)15(19)12-14/h5-9,11-12H,1,10H2,2-4H3. The number of sulfonamides is 1. The van der Waals surface area contributed by atoms with E-state index < -0.39 is 10.0 Å². The van der Waals surface area contributed by atoms with Gasteiger partial charge >= 0.3 is 0 Å². The molecule has 0 heterocycles.